The number of rotatable bonds is 9. The molecular weight excluding hydrogens is 244 g/mol. The second kappa shape index (κ2) is 8.25. The molecule has 0 bridgehead atoms. The first-order chi connectivity index (χ1) is 8.76. The number of hydrogen-bond donors (Lipinski definition) is 0. The van der Waals surface area contributed by atoms with Gasteiger partial charge < -0.3 is 4.90 Å². The van der Waals surface area contributed by atoms with Crippen LogP contribution in [0.25, 0.3) is 0 Å². The Morgan fingerprint density at radius 1 is 1.17 bits per heavy atom. The predicted molar refractivity (Wildman–Crippen MR) is 78.9 cm³/mol. The number of aryl methyl sites for hydroxylation is 1. The zero-order chi connectivity index (χ0) is 13.4. The van der Waals surface area contributed by atoms with E-state index in [0.29, 0.717) is 0 Å². The third-order valence-electron chi connectivity index (χ3n) is 2.99. The molecule has 0 aliphatic carbocycles. The topological polar surface area (TPSA) is 33.2 Å². The summed E-state index contributed by atoms with van der Waals surface area (Å²) in [6.07, 6.45) is 6.52. The minimum absolute atomic E-state index is 0.797. The number of aromatic nitrogens is 1. The lowest BCUT2D eigenvalue weighted by Gasteiger charge is -2.21. The minimum Gasteiger partial charge on any atom is -0.348 e. The zero-order valence-corrected chi connectivity index (χ0v) is 12.6. The Morgan fingerprint density at radius 3 is 2.17 bits per heavy atom. The molecule has 0 saturated heterocycles. The van der Waals surface area contributed by atoms with E-state index in [1.54, 1.807) is 0 Å². The summed E-state index contributed by atoms with van der Waals surface area (Å²) in [7, 11) is 0. The van der Waals surface area contributed by atoms with Gasteiger partial charge in [-0.3, -0.25) is 4.79 Å². The molecule has 0 spiro atoms. The lowest BCUT2D eigenvalue weighted by Crippen LogP contribution is -2.25. The Morgan fingerprint density at radius 2 is 1.78 bits per heavy atom. The number of nitrogens with zero attached hydrogens (tertiary/aromatic N) is 2. The van der Waals surface area contributed by atoms with Crippen molar-refractivity contribution in [2.24, 2.45) is 0 Å². The molecule has 1 heterocycles. The molecule has 0 amide bonds. The standard InChI is InChI=1S/C14H24N2OS/c1-4-7-9-16(10-8-5-2)14-15-12(6-3)13(11-17)18-14/h11H,4-10H2,1-3H3. The van der Waals surface area contributed by atoms with Gasteiger partial charge in [0, 0.05) is 13.1 Å². The van der Waals surface area contributed by atoms with Crippen molar-refractivity contribution < 1.29 is 4.79 Å². The number of aldehydes is 1. The summed E-state index contributed by atoms with van der Waals surface area (Å²) in [4.78, 5) is 18.8. The van der Waals surface area contributed by atoms with Crippen molar-refractivity contribution in [2.75, 3.05) is 18.0 Å². The number of carbonyl (C=O) groups is 1. The van der Waals surface area contributed by atoms with Crippen molar-refractivity contribution >= 4 is 22.8 Å². The molecule has 102 valence electrons. The highest BCUT2D eigenvalue weighted by atomic mass is 32.1. The van der Waals surface area contributed by atoms with Gasteiger partial charge in [0.25, 0.3) is 0 Å². The molecule has 0 saturated carbocycles. The Hall–Kier alpha value is -0.900. The second-order valence-electron chi connectivity index (χ2n) is 4.47. The zero-order valence-electron chi connectivity index (χ0n) is 11.7. The van der Waals surface area contributed by atoms with Crippen molar-refractivity contribution in [2.45, 2.75) is 52.9 Å². The van der Waals surface area contributed by atoms with Crippen LogP contribution in [0.4, 0.5) is 5.13 Å². The van der Waals surface area contributed by atoms with Gasteiger partial charge in [-0.25, -0.2) is 4.98 Å². The first-order valence-corrected chi connectivity index (χ1v) is 7.78. The van der Waals surface area contributed by atoms with Gasteiger partial charge in [0.15, 0.2) is 11.4 Å². The van der Waals surface area contributed by atoms with Gasteiger partial charge in [0.2, 0.25) is 0 Å². The molecule has 0 aromatic carbocycles. The quantitative estimate of drug-likeness (QED) is 0.636. The van der Waals surface area contributed by atoms with Crippen LogP contribution in [-0.2, 0) is 6.42 Å². The lowest BCUT2D eigenvalue weighted by molar-refractivity contribution is 0.112. The highest BCUT2D eigenvalue weighted by molar-refractivity contribution is 7.17. The Kier molecular flexibility index (Phi) is 6.94. The number of thiazole rings is 1. The molecule has 1 rings (SSSR count). The van der Waals surface area contributed by atoms with E-state index >= 15 is 0 Å². The first-order valence-electron chi connectivity index (χ1n) is 6.96. The normalized spacial score (nSPS) is 10.6. The van der Waals surface area contributed by atoms with Crippen LogP contribution < -0.4 is 4.90 Å². The maximum atomic E-state index is 11.0. The Balaban J connectivity index is 2.82. The van der Waals surface area contributed by atoms with Crippen LogP contribution in [-0.4, -0.2) is 24.4 Å². The number of unbranched alkanes of at least 4 members (excludes halogenated alkanes) is 2. The molecule has 0 N–H and O–H groups in total. The average Bonchev–Trinajstić information content (AvgIpc) is 2.82. The molecule has 0 fully saturated rings. The maximum Gasteiger partial charge on any atom is 0.186 e. The van der Waals surface area contributed by atoms with Gasteiger partial charge in [0.1, 0.15) is 0 Å². The van der Waals surface area contributed by atoms with Crippen LogP contribution in [0.3, 0.4) is 0 Å². The molecule has 3 nitrogen and oxygen atoms in total. The largest absolute Gasteiger partial charge is 0.348 e. The summed E-state index contributed by atoms with van der Waals surface area (Å²) >= 11 is 1.54. The van der Waals surface area contributed by atoms with Crippen molar-refractivity contribution in [3.63, 3.8) is 0 Å². The summed E-state index contributed by atoms with van der Waals surface area (Å²) in [5, 5.41) is 1.02. The molecule has 0 aliphatic rings. The van der Waals surface area contributed by atoms with Gasteiger partial charge in [-0.15, -0.1) is 0 Å². The van der Waals surface area contributed by atoms with E-state index in [1.165, 1.54) is 37.0 Å². The summed E-state index contributed by atoms with van der Waals surface area (Å²) in [6.45, 7) is 8.55. The SMILES string of the molecule is CCCCN(CCCC)c1nc(CC)c(C=O)s1. The van der Waals surface area contributed by atoms with Crippen LogP contribution in [0.1, 0.15) is 61.8 Å². The molecular formula is C14H24N2OS. The van der Waals surface area contributed by atoms with Crippen molar-refractivity contribution in [3.8, 4) is 0 Å². The third kappa shape index (κ3) is 4.09. The van der Waals surface area contributed by atoms with Crippen LogP contribution >= 0.6 is 11.3 Å². The summed E-state index contributed by atoms with van der Waals surface area (Å²) in [6, 6.07) is 0. The molecule has 1 aromatic rings. The third-order valence-corrected chi connectivity index (χ3v) is 4.08. The molecule has 18 heavy (non-hydrogen) atoms. The second-order valence-corrected chi connectivity index (χ2v) is 5.48. The van der Waals surface area contributed by atoms with E-state index in [1.807, 2.05) is 6.92 Å². The van der Waals surface area contributed by atoms with E-state index < -0.39 is 0 Å². The average molecular weight is 268 g/mol. The molecule has 0 radical (unpaired) electrons. The summed E-state index contributed by atoms with van der Waals surface area (Å²) in [5.74, 6) is 0. The lowest BCUT2D eigenvalue weighted by atomic mass is 10.3. The molecule has 0 aliphatic heterocycles. The van der Waals surface area contributed by atoms with Crippen LogP contribution in [0.5, 0.6) is 0 Å². The van der Waals surface area contributed by atoms with Gasteiger partial charge >= 0.3 is 0 Å². The molecule has 0 atom stereocenters. The highest BCUT2D eigenvalue weighted by Crippen LogP contribution is 2.26. The molecule has 4 heteroatoms. The monoisotopic (exact) mass is 268 g/mol. The first kappa shape index (κ1) is 15.2. The van der Waals surface area contributed by atoms with E-state index in [-0.39, 0.29) is 0 Å². The summed E-state index contributed by atoms with van der Waals surface area (Å²) in [5.41, 5.74) is 0.947. The number of carbonyl (C=O) groups excluding carboxylic acids is 1. The van der Waals surface area contributed by atoms with Crippen LogP contribution in [0, 0.1) is 0 Å². The van der Waals surface area contributed by atoms with E-state index in [2.05, 4.69) is 23.7 Å². The van der Waals surface area contributed by atoms with Gasteiger partial charge in [0.05, 0.1) is 10.6 Å². The summed E-state index contributed by atoms with van der Waals surface area (Å²) < 4.78 is 0. The van der Waals surface area contributed by atoms with Crippen molar-refractivity contribution in [1.82, 2.24) is 4.98 Å². The Bertz CT molecular complexity index is 355. The van der Waals surface area contributed by atoms with Crippen molar-refractivity contribution in [1.29, 1.82) is 0 Å². The van der Waals surface area contributed by atoms with E-state index in [0.717, 1.165) is 41.5 Å². The van der Waals surface area contributed by atoms with E-state index in [9.17, 15) is 4.79 Å². The fraction of sp³-hybridized carbons (Fsp3) is 0.714. The van der Waals surface area contributed by atoms with Gasteiger partial charge in [-0.2, -0.15) is 0 Å². The molecule has 0 unspecified atom stereocenters. The smallest absolute Gasteiger partial charge is 0.186 e. The fourth-order valence-electron chi connectivity index (χ4n) is 1.83. The predicted octanol–water partition coefficient (Wildman–Crippen LogP) is 3.92. The van der Waals surface area contributed by atoms with Crippen LogP contribution in [0.2, 0.25) is 0 Å². The highest BCUT2D eigenvalue weighted by Gasteiger charge is 2.14. The number of hydrogen-bond acceptors (Lipinski definition) is 4. The minimum atomic E-state index is 0.797. The fourth-order valence-corrected chi connectivity index (χ4v) is 2.85. The van der Waals surface area contributed by atoms with E-state index in [4.69, 9.17) is 0 Å². The van der Waals surface area contributed by atoms with Crippen LogP contribution in [0.15, 0.2) is 0 Å². The number of anilines is 1. The molecule has 1 aromatic heterocycles. The Labute approximate surface area is 114 Å². The van der Waals surface area contributed by atoms with Gasteiger partial charge in [-0.05, 0) is 19.3 Å². The van der Waals surface area contributed by atoms with Crippen molar-refractivity contribution in [3.05, 3.63) is 10.6 Å². The van der Waals surface area contributed by atoms with Gasteiger partial charge in [-0.1, -0.05) is 44.9 Å². The maximum absolute atomic E-state index is 11.0.